The first-order valence-corrected chi connectivity index (χ1v) is 4.53. The van der Waals surface area contributed by atoms with Crippen molar-refractivity contribution < 1.29 is 4.74 Å². The predicted octanol–water partition coefficient (Wildman–Crippen LogP) is 2.53. The van der Waals surface area contributed by atoms with Crippen molar-refractivity contribution in [3.63, 3.8) is 0 Å². The fraction of sp³-hybridized carbons (Fsp3) is 0.100. The van der Waals surface area contributed by atoms with Crippen LogP contribution < -0.4 is 4.74 Å². The van der Waals surface area contributed by atoms with Crippen LogP contribution in [0, 0.1) is 0 Å². The van der Waals surface area contributed by atoms with Crippen LogP contribution in [0.5, 0.6) is 5.88 Å². The number of benzene rings is 1. The van der Waals surface area contributed by atoms with Gasteiger partial charge in [-0.2, -0.15) is 0 Å². The standard InChI is InChI=1S/C10H9ClN2O/c1-14-10-6-7-13(12-10)9-4-2-8(11)3-5-9/h2-7H,1H3. The van der Waals surface area contributed by atoms with Gasteiger partial charge in [-0.3, -0.25) is 0 Å². The Labute approximate surface area is 86.9 Å². The summed E-state index contributed by atoms with van der Waals surface area (Å²) in [5.74, 6) is 0.597. The van der Waals surface area contributed by atoms with Crippen LogP contribution in [0.2, 0.25) is 5.02 Å². The van der Waals surface area contributed by atoms with Gasteiger partial charge in [0.1, 0.15) is 0 Å². The maximum absolute atomic E-state index is 5.78. The molecule has 2 rings (SSSR count). The summed E-state index contributed by atoms with van der Waals surface area (Å²) in [5, 5.41) is 4.90. The van der Waals surface area contributed by atoms with Gasteiger partial charge in [-0.05, 0) is 24.3 Å². The molecule has 0 aliphatic heterocycles. The number of methoxy groups -OCH3 is 1. The average molecular weight is 209 g/mol. The van der Waals surface area contributed by atoms with Crippen LogP contribution in [0.1, 0.15) is 0 Å². The zero-order valence-corrected chi connectivity index (χ0v) is 8.40. The van der Waals surface area contributed by atoms with E-state index in [2.05, 4.69) is 5.10 Å². The van der Waals surface area contributed by atoms with E-state index in [-0.39, 0.29) is 0 Å². The monoisotopic (exact) mass is 208 g/mol. The highest BCUT2D eigenvalue weighted by Gasteiger charge is 1.99. The fourth-order valence-corrected chi connectivity index (χ4v) is 1.28. The number of halogens is 1. The van der Waals surface area contributed by atoms with Gasteiger partial charge in [0.05, 0.1) is 12.8 Å². The van der Waals surface area contributed by atoms with Crippen molar-refractivity contribution in [2.24, 2.45) is 0 Å². The molecule has 1 heterocycles. The minimum atomic E-state index is 0.597. The molecule has 0 N–H and O–H groups in total. The molecule has 0 fully saturated rings. The molecule has 0 aliphatic carbocycles. The summed E-state index contributed by atoms with van der Waals surface area (Å²) in [6, 6.07) is 9.24. The lowest BCUT2D eigenvalue weighted by Gasteiger charge is -2.00. The van der Waals surface area contributed by atoms with E-state index in [4.69, 9.17) is 16.3 Å². The highest BCUT2D eigenvalue weighted by atomic mass is 35.5. The van der Waals surface area contributed by atoms with Crippen LogP contribution in [-0.2, 0) is 0 Å². The Hall–Kier alpha value is -1.48. The molecule has 3 nitrogen and oxygen atoms in total. The fourth-order valence-electron chi connectivity index (χ4n) is 1.15. The van der Waals surface area contributed by atoms with E-state index < -0.39 is 0 Å². The summed E-state index contributed by atoms with van der Waals surface area (Å²) < 4.78 is 6.71. The van der Waals surface area contributed by atoms with Crippen molar-refractivity contribution in [3.05, 3.63) is 41.6 Å². The van der Waals surface area contributed by atoms with Crippen molar-refractivity contribution >= 4 is 11.6 Å². The molecule has 72 valence electrons. The largest absolute Gasteiger partial charge is 0.480 e. The lowest BCUT2D eigenvalue weighted by Crippen LogP contribution is -1.94. The van der Waals surface area contributed by atoms with Crippen molar-refractivity contribution in [1.29, 1.82) is 0 Å². The van der Waals surface area contributed by atoms with Crippen LogP contribution >= 0.6 is 11.6 Å². The summed E-state index contributed by atoms with van der Waals surface area (Å²) in [4.78, 5) is 0. The van der Waals surface area contributed by atoms with Gasteiger partial charge in [-0.1, -0.05) is 11.6 Å². The van der Waals surface area contributed by atoms with Gasteiger partial charge in [0.15, 0.2) is 0 Å². The van der Waals surface area contributed by atoms with Gasteiger partial charge in [0.2, 0.25) is 5.88 Å². The van der Waals surface area contributed by atoms with E-state index >= 15 is 0 Å². The minimum Gasteiger partial charge on any atom is -0.480 e. The first-order valence-electron chi connectivity index (χ1n) is 4.15. The SMILES string of the molecule is COc1ccn(-c2ccc(Cl)cc2)n1. The molecule has 0 atom stereocenters. The molecule has 0 radical (unpaired) electrons. The lowest BCUT2D eigenvalue weighted by molar-refractivity contribution is 0.394. The van der Waals surface area contributed by atoms with Crippen molar-refractivity contribution in [2.75, 3.05) is 7.11 Å². The molecule has 0 unspecified atom stereocenters. The van der Waals surface area contributed by atoms with Crippen LogP contribution in [0.15, 0.2) is 36.5 Å². The second-order valence-corrected chi connectivity index (χ2v) is 3.22. The highest BCUT2D eigenvalue weighted by molar-refractivity contribution is 6.30. The molecule has 0 aliphatic rings. The summed E-state index contributed by atoms with van der Waals surface area (Å²) >= 11 is 5.78. The van der Waals surface area contributed by atoms with Crippen molar-refractivity contribution in [3.8, 4) is 11.6 Å². The molecule has 0 saturated carbocycles. The first kappa shape index (κ1) is 9.09. The second-order valence-electron chi connectivity index (χ2n) is 2.78. The van der Waals surface area contributed by atoms with Crippen LogP contribution in [0.25, 0.3) is 5.69 Å². The van der Waals surface area contributed by atoms with E-state index in [1.807, 2.05) is 30.5 Å². The third-order valence-corrected chi connectivity index (χ3v) is 2.12. The molecular formula is C10H9ClN2O. The van der Waals surface area contributed by atoms with Gasteiger partial charge in [-0.25, -0.2) is 4.68 Å². The Balaban J connectivity index is 2.34. The molecule has 0 bridgehead atoms. The molecule has 0 spiro atoms. The third kappa shape index (κ3) is 1.72. The zero-order chi connectivity index (χ0) is 9.97. The van der Waals surface area contributed by atoms with Gasteiger partial charge < -0.3 is 4.74 Å². The Kier molecular flexibility index (Phi) is 2.41. The van der Waals surface area contributed by atoms with Gasteiger partial charge in [0, 0.05) is 17.3 Å². The van der Waals surface area contributed by atoms with E-state index in [9.17, 15) is 0 Å². The van der Waals surface area contributed by atoms with E-state index in [0.29, 0.717) is 10.9 Å². The Morgan fingerprint density at radius 1 is 1.21 bits per heavy atom. The van der Waals surface area contributed by atoms with Crippen LogP contribution in [0.4, 0.5) is 0 Å². The van der Waals surface area contributed by atoms with Crippen molar-refractivity contribution in [2.45, 2.75) is 0 Å². The van der Waals surface area contributed by atoms with Crippen LogP contribution in [-0.4, -0.2) is 16.9 Å². The summed E-state index contributed by atoms with van der Waals surface area (Å²) in [6.07, 6.45) is 1.84. The van der Waals surface area contributed by atoms with Gasteiger partial charge >= 0.3 is 0 Å². The molecule has 2 aromatic rings. The number of hydrogen-bond donors (Lipinski definition) is 0. The topological polar surface area (TPSA) is 27.1 Å². The number of aromatic nitrogens is 2. The Bertz CT molecular complexity index is 422. The maximum Gasteiger partial charge on any atom is 0.232 e. The average Bonchev–Trinajstić information content (AvgIpc) is 2.67. The van der Waals surface area contributed by atoms with E-state index in [1.54, 1.807) is 17.9 Å². The number of nitrogens with zero attached hydrogens (tertiary/aromatic N) is 2. The third-order valence-electron chi connectivity index (χ3n) is 1.86. The maximum atomic E-state index is 5.78. The minimum absolute atomic E-state index is 0.597. The van der Waals surface area contributed by atoms with Gasteiger partial charge in [0.25, 0.3) is 0 Å². The van der Waals surface area contributed by atoms with Crippen LogP contribution in [0.3, 0.4) is 0 Å². The first-order chi connectivity index (χ1) is 6.79. The number of hydrogen-bond acceptors (Lipinski definition) is 2. The normalized spacial score (nSPS) is 10.1. The molecular weight excluding hydrogens is 200 g/mol. The molecule has 0 saturated heterocycles. The molecule has 1 aromatic heterocycles. The summed E-state index contributed by atoms with van der Waals surface area (Å²) in [6.45, 7) is 0. The highest BCUT2D eigenvalue weighted by Crippen LogP contribution is 2.14. The molecule has 14 heavy (non-hydrogen) atoms. The van der Waals surface area contributed by atoms with E-state index in [1.165, 1.54) is 0 Å². The molecule has 4 heteroatoms. The predicted molar refractivity (Wildman–Crippen MR) is 55.1 cm³/mol. The smallest absolute Gasteiger partial charge is 0.232 e. The van der Waals surface area contributed by atoms with Gasteiger partial charge in [-0.15, -0.1) is 5.10 Å². The Morgan fingerprint density at radius 2 is 1.93 bits per heavy atom. The number of ether oxygens (including phenoxy) is 1. The second kappa shape index (κ2) is 3.72. The van der Waals surface area contributed by atoms with Crippen molar-refractivity contribution in [1.82, 2.24) is 9.78 Å². The molecule has 0 amide bonds. The molecule has 1 aromatic carbocycles. The number of rotatable bonds is 2. The summed E-state index contributed by atoms with van der Waals surface area (Å²) in [7, 11) is 1.59. The lowest BCUT2D eigenvalue weighted by atomic mass is 10.3. The summed E-state index contributed by atoms with van der Waals surface area (Å²) in [5.41, 5.74) is 0.956. The van der Waals surface area contributed by atoms with E-state index in [0.717, 1.165) is 5.69 Å². The quantitative estimate of drug-likeness (QED) is 0.759. The zero-order valence-electron chi connectivity index (χ0n) is 7.64. The Morgan fingerprint density at radius 3 is 2.50 bits per heavy atom.